The maximum atomic E-state index is 13.4. The molecule has 1 aromatic carbocycles. The van der Waals surface area contributed by atoms with Crippen LogP contribution in [0.1, 0.15) is 155 Å². The Hall–Kier alpha value is -2.04. The SMILES string of the molecule is COC(=O)C(C)(C)CC(C)(C)C(=O)Oc1c(C)c(C)c2c(c1C)CC[C@@](C)(CCCC(C)CCCC(C)CCCC(C)C)O2. The number of carbonyl (C=O) groups excluding carboxylic acids is 2. The Morgan fingerprint density at radius 3 is 1.86 bits per heavy atom. The third kappa shape index (κ3) is 10.5. The largest absolute Gasteiger partial charge is 0.487 e. The highest BCUT2D eigenvalue weighted by Gasteiger charge is 2.42. The first-order chi connectivity index (χ1) is 20.3. The predicted octanol–water partition coefficient (Wildman–Crippen LogP) is 10.7. The van der Waals surface area contributed by atoms with Crippen LogP contribution in [0.2, 0.25) is 0 Å². The first-order valence-electron chi connectivity index (χ1n) is 17.5. The van der Waals surface area contributed by atoms with Crippen LogP contribution < -0.4 is 9.47 Å². The average molecular weight is 615 g/mol. The van der Waals surface area contributed by atoms with Crippen molar-refractivity contribution in [2.75, 3.05) is 7.11 Å². The van der Waals surface area contributed by atoms with Gasteiger partial charge in [-0.25, -0.2) is 0 Å². The first-order valence-corrected chi connectivity index (χ1v) is 17.5. The summed E-state index contributed by atoms with van der Waals surface area (Å²) in [5.74, 6) is 3.36. The van der Waals surface area contributed by atoms with E-state index in [1.807, 2.05) is 27.7 Å². The third-order valence-corrected chi connectivity index (χ3v) is 10.2. The fourth-order valence-electron chi connectivity index (χ4n) is 7.17. The summed E-state index contributed by atoms with van der Waals surface area (Å²) in [5.41, 5.74) is 2.27. The summed E-state index contributed by atoms with van der Waals surface area (Å²) in [4.78, 5) is 25.7. The minimum Gasteiger partial charge on any atom is -0.487 e. The van der Waals surface area contributed by atoms with Crippen LogP contribution in [0.4, 0.5) is 0 Å². The lowest BCUT2D eigenvalue weighted by molar-refractivity contribution is -0.155. The van der Waals surface area contributed by atoms with Crippen molar-refractivity contribution in [3.63, 3.8) is 0 Å². The van der Waals surface area contributed by atoms with Gasteiger partial charge in [0.15, 0.2) is 0 Å². The Morgan fingerprint density at radius 1 is 0.795 bits per heavy atom. The van der Waals surface area contributed by atoms with E-state index in [0.29, 0.717) is 12.2 Å². The molecule has 3 atom stereocenters. The zero-order valence-corrected chi connectivity index (χ0v) is 30.8. The van der Waals surface area contributed by atoms with Gasteiger partial charge in [0.25, 0.3) is 0 Å². The number of benzene rings is 1. The first kappa shape index (κ1) is 38.1. The van der Waals surface area contributed by atoms with Crippen molar-refractivity contribution in [3.05, 3.63) is 22.3 Å². The molecule has 0 aliphatic carbocycles. The molecule has 1 aliphatic rings. The molecule has 5 nitrogen and oxygen atoms in total. The molecule has 1 aromatic rings. The van der Waals surface area contributed by atoms with E-state index in [2.05, 4.69) is 41.5 Å². The highest BCUT2D eigenvalue weighted by molar-refractivity contribution is 5.82. The van der Waals surface area contributed by atoms with Gasteiger partial charge < -0.3 is 14.2 Å². The molecule has 0 radical (unpaired) electrons. The van der Waals surface area contributed by atoms with Crippen molar-refractivity contribution in [2.24, 2.45) is 28.6 Å². The standard InChI is InChI=1S/C39H66O5/c1-26(2)17-14-18-27(3)19-15-20-28(4)21-16-23-39(12)24-22-32-31(7)33(29(5)30(6)34(32)44-39)43-36(41)38(10,11)25-37(8,9)35(40)42-13/h26-28H,14-25H2,1-13H3/t27?,28?,39-/m1/s1. The Kier molecular flexibility index (Phi) is 13.9. The normalized spacial score (nSPS) is 18.4. The molecule has 0 fully saturated rings. The van der Waals surface area contributed by atoms with Crippen molar-refractivity contribution in [1.82, 2.24) is 0 Å². The number of esters is 2. The van der Waals surface area contributed by atoms with Crippen molar-refractivity contribution in [2.45, 2.75) is 166 Å². The molecule has 1 aliphatic heterocycles. The summed E-state index contributed by atoms with van der Waals surface area (Å²) in [5, 5.41) is 0. The van der Waals surface area contributed by atoms with Crippen molar-refractivity contribution < 1.29 is 23.8 Å². The minimum atomic E-state index is -0.863. The van der Waals surface area contributed by atoms with Gasteiger partial charge in [0.2, 0.25) is 0 Å². The second-order valence-electron chi connectivity index (χ2n) is 16.2. The molecule has 252 valence electrons. The van der Waals surface area contributed by atoms with E-state index in [9.17, 15) is 9.59 Å². The van der Waals surface area contributed by atoms with Crippen LogP contribution in [0.15, 0.2) is 0 Å². The maximum Gasteiger partial charge on any atom is 0.316 e. The predicted molar refractivity (Wildman–Crippen MR) is 183 cm³/mol. The summed E-state index contributed by atoms with van der Waals surface area (Å²) in [6, 6.07) is 0. The molecular weight excluding hydrogens is 548 g/mol. The van der Waals surface area contributed by atoms with E-state index >= 15 is 0 Å². The number of rotatable bonds is 17. The van der Waals surface area contributed by atoms with Gasteiger partial charge in [0.1, 0.15) is 17.1 Å². The zero-order valence-electron chi connectivity index (χ0n) is 30.8. The lowest BCUT2D eigenvalue weighted by Gasteiger charge is -2.38. The van der Waals surface area contributed by atoms with Gasteiger partial charge in [-0.2, -0.15) is 0 Å². The number of carbonyl (C=O) groups is 2. The molecule has 44 heavy (non-hydrogen) atoms. The molecule has 0 saturated carbocycles. The molecule has 2 rings (SSSR count). The molecule has 0 amide bonds. The summed E-state index contributed by atoms with van der Waals surface area (Å²) in [6.45, 7) is 25.2. The highest BCUT2D eigenvalue weighted by atomic mass is 16.5. The van der Waals surface area contributed by atoms with Crippen molar-refractivity contribution in [3.8, 4) is 11.5 Å². The average Bonchev–Trinajstić information content (AvgIpc) is 2.92. The van der Waals surface area contributed by atoms with E-state index in [4.69, 9.17) is 14.2 Å². The lowest BCUT2D eigenvalue weighted by atomic mass is 9.75. The molecule has 0 bridgehead atoms. The molecule has 0 saturated heterocycles. The van der Waals surface area contributed by atoms with Gasteiger partial charge in [0.05, 0.1) is 17.9 Å². The van der Waals surface area contributed by atoms with Crippen LogP contribution in [0.5, 0.6) is 11.5 Å². The number of ether oxygens (including phenoxy) is 3. The molecule has 0 N–H and O–H groups in total. The van der Waals surface area contributed by atoms with E-state index in [1.54, 1.807) is 13.8 Å². The number of hydrogen-bond donors (Lipinski definition) is 0. The van der Waals surface area contributed by atoms with Gasteiger partial charge in [-0.15, -0.1) is 0 Å². The topological polar surface area (TPSA) is 61.8 Å². The Labute approximate surface area is 270 Å². The van der Waals surface area contributed by atoms with Crippen molar-refractivity contribution in [1.29, 1.82) is 0 Å². The summed E-state index contributed by atoms with van der Waals surface area (Å²) < 4.78 is 17.9. The zero-order chi connectivity index (χ0) is 33.5. The van der Waals surface area contributed by atoms with Gasteiger partial charge >= 0.3 is 11.9 Å². The number of fused-ring (bicyclic) bond motifs is 1. The van der Waals surface area contributed by atoms with Gasteiger partial charge in [-0.3, -0.25) is 9.59 Å². The van der Waals surface area contributed by atoms with Crippen LogP contribution in [-0.4, -0.2) is 24.6 Å². The summed E-state index contributed by atoms with van der Waals surface area (Å²) >= 11 is 0. The highest BCUT2D eigenvalue weighted by Crippen LogP contribution is 2.46. The van der Waals surface area contributed by atoms with Crippen LogP contribution in [0.25, 0.3) is 0 Å². The molecule has 5 heteroatoms. The summed E-state index contributed by atoms with van der Waals surface area (Å²) in [7, 11) is 1.38. The van der Waals surface area contributed by atoms with E-state index in [-0.39, 0.29) is 17.5 Å². The van der Waals surface area contributed by atoms with E-state index in [1.165, 1.54) is 58.5 Å². The number of methoxy groups -OCH3 is 1. The van der Waals surface area contributed by atoms with Crippen LogP contribution in [0.3, 0.4) is 0 Å². The summed E-state index contributed by atoms with van der Waals surface area (Å²) in [6.07, 6.45) is 13.8. The van der Waals surface area contributed by atoms with Crippen molar-refractivity contribution >= 4 is 11.9 Å². The fraction of sp³-hybridized carbons (Fsp3) is 0.795. The molecule has 0 aromatic heterocycles. The van der Waals surface area contributed by atoms with Crippen LogP contribution >= 0.6 is 0 Å². The third-order valence-electron chi connectivity index (χ3n) is 10.2. The molecular formula is C39H66O5. The molecule has 1 heterocycles. The van der Waals surface area contributed by atoms with Gasteiger partial charge in [-0.1, -0.05) is 72.6 Å². The Balaban J connectivity index is 1.99. The van der Waals surface area contributed by atoms with E-state index < -0.39 is 10.8 Å². The Morgan fingerprint density at radius 2 is 1.32 bits per heavy atom. The van der Waals surface area contributed by atoms with Gasteiger partial charge in [-0.05, 0) is 122 Å². The lowest BCUT2D eigenvalue weighted by Crippen LogP contribution is -2.38. The number of hydrogen-bond acceptors (Lipinski definition) is 5. The second-order valence-corrected chi connectivity index (χ2v) is 16.2. The monoisotopic (exact) mass is 614 g/mol. The molecule has 2 unspecified atom stereocenters. The van der Waals surface area contributed by atoms with Crippen LogP contribution in [-0.2, 0) is 20.7 Å². The van der Waals surface area contributed by atoms with Gasteiger partial charge in [0, 0.05) is 5.56 Å². The fourth-order valence-corrected chi connectivity index (χ4v) is 7.17. The Bertz CT molecular complexity index is 1110. The quantitative estimate of drug-likeness (QED) is 0.129. The maximum absolute atomic E-state index is 13.4. The minimum absolute atomic E-state index is 0.180. The van der Waals surface area contributed by atoms with E-state index in [0.717, 1.165) is 65.0 Å². The smallest absolute Gasteiger partial charge is 0.316 e. The second kappa shape index (κ2) is 16.0. The van der Waals surface area contributed by atoms with Crippen LogP contribution in [0, 0.1) is 49.4 Å². The molecule has 0 spiro atoms.